The summed E-state index contributed by atoms with van der Waals surface area (Å²) in [6.45, 7) is -0.363. The highest BCUT2D eigenvalue weighted by Crippen LogP contribution is 2.22. The number of sulfonamides is 2. The van der Waals surface area contributed by atoms with Gasteiger partial charge in [-0.15, -0.1) is 0 Å². The van der Waals surface area contributed by atoms with Crippen LogP contribution in [0.3, 0.4) is 0 Å². The molecule has 0 saturated carbocycles. The van der Waals surface area contributed by atoms with Gasteiger partial charge in [-0.25, -0.2) is 25.9 Å². The largest absolute Gasteiger partial charge is 0.351 e. The number of nitrogens with zero attached hydrogens (tertiary/aromatic N) is 2. The zero-order chi connectivity index (χ0) is 23.4. The van der Waals surface area contributed by atoms with E-state index in [1.165, 1.54) is 38.4 Å². The Labute approximate surface area is 184 Å². The van der Waals surface area contributed by atoms with E-state index in [1.54, 1.807) is 0 Å². The number of hydrogen-bond acceptors (Lipinski definition) is 7. The van der Waals surface area contributed by atoms with Crippen LogP contribution in [0.15, 0.2) is 52.3 Å². The molecule has 0 spiro atoms. The fourth-order valence-electron chi connectivity index (χ4n) is 2.35. The van der Waals surface area contributed by atoms with Crippen molar-refractivity contribution in [2.24, 2.45) is 0 Å². The lowest BCUT2D eigenvalue weighted by Crippen LogP contribution is -2.35. The lowest BCUT2D eigenvalue weighted by Gasteiger charge is -2.13. The number of rotatable bonds is 9. The summed E-state index contributed by atoms with van der Waals surface area (Å²) in [5, 5.41) is 13.2. The molecular weight excluding hydrogens is 472 g/mol. The van der Waals surface area contributed by atoms with E-state index in [2.05, 4.69) is 10.0 Å². The Hall–Kier alpha value is -2.58. The molecule has 2 aromatic rings. The molecule has 0 unspecified atom stereocenters. The second-order valence-electron chi connectivity index (χ2n) is 6.34. The van der Waals surface area contributed by atoms with Crippen molar-refractivity contribution in [2.45, 2.75) is 9.79 Å². The van der Waals surface area contributed by atoms with Crippen molar-refractivity contribution in [3.05, 3.63) is 63.2 Å². The number of nitrogens with one attached hydrogen (secondary N) is 2. The maximum Gasteiger partial charge on any atom is 0.270 e. The average Bonchev–Trinajstić information content (AvgIpc) is 2.71. The highest BCUT2D eigenvalue weighted by Gasteiger charge is 2.21. The molecule has 2 rings (SSSR count). The van der Waals surface area contributed by atoms with E-state index in [9.17, 15) is 31.7 Å². The van der Waals surface area contributed by atoms with Gasteiger partial charge in [-0.1, -0.05) is 17.7 Å². The predicted octanol–water partition coefficient (Wildman–Crippen LogP) is 1.21. The van der Waals surface area contributed by atoms with Crippen LogP contribution in [-0.2, 0) is 20.0 Å². The highest BCUT2D eigenvalue weighted by atomic mass is 35.5. The molecule has 0 bridgehead atoms. The highest BCUT2D eigenvalue weighted by molar-refractivity contribution is 7.89. The topological polar surface area (TPSA) is 156 Å². The molecule has 0 aliphatic heterocycles. The third-order valence-electron chi connectivity index (χ3n) is 4.00. The van der Waals surface area contributed by atoms with Gasteiger partial charge in [0.1, 0.15) is 0 Å². The van der Waals surface area contributed by atoms with Crippen LogP contribution in [-0.4, -0.2) is 59.2 Å². The van der Waals surface area contributed by atoms with E-state index in [4.69, 9.17) is 11.6 Å². The number of halogens is 1. The van der Waals surface area contributed by atoms with Gasteiger partial charge in [-0.2, -0.15) is 0 Å². The molecule has 0 fully saturated rings. The Morgan fingerprint density at radius 2 is 1.74 bits per heavy atom. The molecular formula is C17H19ClN4O7S2. The van der Waals surface area contributed by atoms with Crippen LogP contribution in [0.1, 0.15) is 10.4 Å². The third-order valence-corrected chi connectivity index (χ3v) is 7.60. The Kier molecular flexibility index (Phi) is 7.72. The van der Waals surface area contributed by atoms with Crippen LogP contribution in [0.2, 0.25) is 5.02 Å². The summed E-state index contributed by atoms with van der Waals surface area (Å²) in [5.74, 6) is -0.699. The first kappa shape index (κ1) is 24.7. The molecule has 0 aliphatic carbocycles. The molecule has 168 valence electrons. The summed E-state index contributed by atoms with van der Waals surface area (Å²) in [6.07, 6.45) is 0. The van der Waals surface area contributed by atoms with Crippen LogP contribution < -0.4 is 10.0 Å². The van der Waals surface area contributed by atoms with Gasteiger partial charge in [0.05, 0.1) is 25.3 Å². The second kappa shape index (κ2) is 9.70. The number of carbonyl (C=O) groups is 1. The molecule has 14 heteroatoms. The summed E-state index contributed by atoms with van der Waals surface area (Å²) < 4.78 is 52.2. The van der Waals surface area contributed by atoms with Gasteiger partial charge in [0.15, 0.2) is 0 Å². The summed E-state index contributed by atoms with van der Waals surface area (Å²) in [4.78, 5) is 22.0. The van der Waals surface area contributed by atoms with Gasteiger partial charge in [-0.05, 0) is 24.3 Å². The molecule has 11 nitrogen and oxygen atoms in total. The summed E-state index contributed by atoms with van der Waals surface area (Å²) in [7, 11) is -5.13. The van der Waals surface area contributed by atoms with Crippen molar-refractivity contribution in [1.82, 2.24) is 14.3 Å². The van der Waals surface area contributed by atoms with Gasteiger partial charge >= 0.3 is 0 Å². The smallest absolute Gasteiger partial charge is 0.270 e. The van der Waals surface area contributed by atoms with Crippen molar-refractivity contribution in [2.75, 3.05) is 27.2 Å². The second-order valence-corrected chi connectivity index (χ2v) is 10.7. The Balaban J connectivity index is 2.04. The number of nitro groups is 1. The van der Waals surface area contributed by atoms with Crippen LogP contribution >= 0.6 is 11.6 Å². The van der Waals surface area contributed by atoms with Crippen molar-refractivity contribution in [3.63, 3.8) is 0 Å². The van der Waals surface area contributed by atoms with Gasteiger partial charge in [0, 0.05) is 39.3 Å². The van der Waals surface area contributed by atoms with Gasteiger partial charge < -0.3 is 5.32 Å². The predicted molar refractivity (Wildman–Crippen MR) is 113 cm³/mol. The Bertz CT molecular complexity index is 1210. The zero-order valence-electron chi connectivity index (χ0n) is 16.4. The van der Waals surface area contributed by atoms with Crippen molar-refractivity contribution in [1.29, 1.82) is 0 Å². The van der Waals surface area contributed by atoms with Crippen LogP contribution in [0.25, 0.3) is 0 Å². The lowest BCUT2D eigenvalue weighted by molar-refractivity contribution is -0.385. The maximum absolute atomic E-state index is 12.4. The third kappa shape index (κ3) is 5.98. The molecule has 0 atom stereocenters. The number of hydrogen-bond donors (Lipinski definition) is 2. The first-order valence-electron chi connectivity index (χ1n) is 8.60. The first-order chi connectivity index (χ1) is 14.4. The molecule has 0 aromatic heterocycles. The number of carbonyl (C=O) groups excluding carboxylic acids is 1. The molecule has 0 saturated heterocycles. The molecule has 1 amide bonds. The Morgan fingerprint density at radius 1 is 1.06 bits per heavy atom. The normalized spacial score (nSPS) is 12.0. The fourth-order valence-corrected chi connectivity index (χ4v) is 4.56. The zero-order valence-corrected chi connectivity index (χ0v) is 18.8. The van der Waals surface area contributed by atoms with E-state index in [-0.39, 0.29) is 39.2 Å². The maximum atomic E-state index is 12.4. The van der Waals surface area contributed by atoms with E-state index in [1.807, 2.05) is 0 Å². The number of benzene rings is 2. The minimum absolute atomic E-state index is 0.0207. The molecule has 0 aliphatic rings. The summed E-state index contributed by atoms with van der Waals surface area (Å²) in [6, 6.07) is 8.18. The van der Waals surface area contributed by atoms with Crippen LogP contribution in [0.4, 0.5) is 5.69 Å². The molecule has 31 heavy (non-hydrogen) atoms. The van der Waals surface area contributed by atoms with Crippen LogP contribution in [0.5, 0.6) is 0 Å². The minimum atomic E-state index is -4.04. The van der Waals surface area contributed by atoms with Crippen molar-refractivity contribution in [3.8, 4) is 0 Å². The molecule has 2 N–H and O–H groups in total. The Morgan fingerprint density at radius 3 is 2.35 bits per heavy atom. The summed E-state index contributed by atoms with van der Waals surface area (Å²) in [5.41, 5.74) is -0.468. The van der Waals surface area contributed by atoms with E-state index >= 15 is 0 Å². The monoisotopic (exact) mass is 490 g/mol. The van der Waals surface area contributed by atoms with Gasteiger partial charge in [0.2, 0.25) is 20.0 Å². The quantitative estimate of drug-likeness (QED) is 0.304. The van der Waals surface area contributed by atoms with Crippen LogP contribution in [0, 0.1) is 10.1 Å². The minimum Gasteiger partial charge on any atom is -0.351 e. The fraction of sp³-hybridized carbons (Fsp3) is 0.235. The molecule has 2 aromatic carbocycles. The lowest BCUT2D eigenvalue weighted by atomic mass is 10.2. The standard InChI is InChI=1S/C17H19ClN4O7S2/c1-21(2)31(28,29)14-6-7-16(18)15(11-14)17(23)19-8-9-20-30(26,27)13-5-3-4-12(10-13)22(24)25/h3-7,10-11,20H,8-9H2,1-2H3,(H,19,23). The van der Waals surface area contributed by atoms with Crippen molar-refractivity contribution >= 4 is 43.2 Å². The summed E-state index contributed by atoms with van der Waals surface area (Å²) >= 11 is 5.99. The average molecular weight is 491 g/mol. The SMILES string of the molecule is CN(C)S(=O)(=O)c1ccc(Cl)c(C(=O)NCCNS(=O)(=O)c2cccc([N+](=O)[O-])c2)c1. The van der Waals surface area contributed by atoms with Gasteiger partial charge in [-0.3, -0.25) is 14.9 Å². The molecule has 0 heterocycles. The first-order valence-corrected chi connectivity index (χ1v) is 11.9. The number of amides is 1. The van der Waals surface area contributed by atoms with Crippen molar-refractivity contribution < 1.29 is 26.6 Å². The van der Waals surface area contributed by atoms with E-state index in [0.717, 1.165) is 22.5 Å². The van der Waals surface area contributed by atoms with E-state index in [0.29, 0.717) is 0 Å². The van der Waals surface area contributed by atoms with E-state index < -0.39 is 30.9 Å². The molecule has 0 radical (unpaired) electrons. The number of non-ortho nitro benzene ring substituents is 1. The number of nitro benzene ring substituents is 1. The van der Waals surface area contributed by atoms with Gasteiger partial charge in [0.25, 0.3) is 11.6 Å².